The molecule has 1 amide bonds. The number of furan rings is 1. The van der Waals surface area contributed by atoms with Crippen LogP contribution in [0.5, 0.6) is 5.88 Å². The smallest absolute Gasteiger partial charge is 0.292 e. The summed E-state index contributed by atoms with van der Waals surface area (Å²) in [6.45, 7) is 3.84. The van der Waals surface area contributed by atoms with Crippen LogP contribution in [0, 0.1) is 6.92 Å². The zero-order chi connectivity index (χ0) is 20.9. The van der Waals surface area contributed by atoms with Gasteiger partial charge in [0.15, 0.2) is 0 Å². The molecule has 1 aliphatic heterocycles. The van der Waals surface area contributed by atoms with Crippen LogP contribution in [0.2, 0.25) is 0 Å². The van der Waals surface area contributed by atoms with Crippen molar-refractivity contribution in [2.75, 3.05) is 18.7 Å². The second-order valence-electron chi connectivity index (χ2n) is 8.14. The number of carbonyl (C=O) groups is 1. The van der Waals surface area contributed by atoms with Gasteiger partial charge in [0.2, 0.25) is 24.3 Å². The minimum absolute atomic E-state index is 0.00331. The molecule has 0 radical (unpaired) electrons. The highest BCUT2D eigenvalue weighted by Gasteiger charge is 2.38. The molecule has 2 aliphatic rings. The molecule has 5 rings (SSSR count). The highest BCUT2D eigenvalue weighted by Crippen LogP contribution is 2.39. The lowest BCUT2D eigenvalue weighted by Gasteiger charge is -2.29. The summed E-state index contributed by atoms with van der Waals surface area (Å²) < 4.78 is 23.3. The maximum atomic E-state index is 13.2. The van der Waals surface area contributed by atoms with E-state index in [1.807, 2.05) is 19.1 Å². The maximum absolute atomic E-state index is 13.2. The van der Waals surface area contributed by atoms with Crippen molar-refractivity contribution in [1.82, 2.24) is 19.9 Å². The fourth-order valence-electron chi connectivity index (χ4n) is 3.78. The summed E-state index contributed by atoms with van der Waals surface area (Å²) in [5.74, 6) is 1.45. The lowest BCUT2D eigenvalue weighted by atomic mass is 10.0. The molecular weight excluding hydrogens is 389 g/mol. The van der Waals surface area contributed by atoms with E-state index >= 15 is 0 Å². The van der Waals surface area contributed by atoms with Crippen molar-refractivity contribution in [3.8, 4) is 5.88 Å². The normalized spacial score (nSPS) is 17.0. The van der Waals surface area contributed by atoms with Crippen LogP contribution >= 0.6 is 0 Å². The molecule has 1 aliphatic carbocycles. The highest BCUT2D eigenvalue weighted by molar-refractivity contribution is 5.95. The number of halogens is 1. The third-order valence-corrected chi connectivity index (χ3v) is 5.71. The number of fused-ring (bicyclic) bond motifs is 2. The third kappa shape index (κ3) is 3.34. The fraction of sp³-hybridized carbons (Fsp3) is 0.429. The molecule has 3 aromatic rings. The second-order valence-corrected chi connectivity index (χ2v) is 8.14. The van der Waals surface area contributed by atoms with E-state index in [0.717, 1.165) is 29.4 Å². The number of hydrogen-bond acceptors (Lipinski definition) is 7. The van der Waals surface area contributed by atoms with Gasteiger partial charge < -0.3 is 19.4 Å². The fourth-order valence-corrected chi connectivity index (χ4v) is 3.78. The van der Waals surface area contributed by atoms with Gasteiger partial charge in [-0.1, -0.05) is 0 Å². The summed E-state index contributed by atoms with van der Waals surface area (Å²) in [7, 11) is 0. The van der Waals surface area contributed by atoms with Crippen LogP contribution in [0.25, 0.3) is 11.1 Å². The topological polar surface area (TPSA) is 93.4 Å². The number of ether oxygens (including phenoxy) is 1. The second kappa shape index (κ2) is 6.93. The molecule has 156 valence electrons. The number of aromatic nitrogens is 3. The molecule has 4 heterocycles. The highest BCUT2D eigenvalue weighted by atomic mass is 19.1. The minimum atomic E-state index is -0.933. The number of amides is 1. The van der Waals surface area contributed by atoms with E-state index in [2.05, 4.69) is 27.2 Å². The number of rotatable bonds is 5. The van der Waals surface area contributed by atoms with Gasteiger partial charge in [0.25, 0.3) is 5.91 Å². The quantitative estimate of drug-likeness (QED) is 0.688. The van der Waals surface area contributed by atoms with E-state index in [9.17, 15) is 9.18 Å². The van der Waals surface area contributed by atoms with Crippen LogP contribution in [-0.4, -0.2) is 44.7 Å². The van der Waals surface area contributed by atoms with E-state index in [0.29, 0.717) is 36.8 Å². The van der Waals surface area contributed by atoms with Crippen LogP contribution in [0.15, 0.2) is 22.7 Å². The number of hydrogen-bond donors (Lipinski definition) is 1. The average molecular weight is 411 g/mol. The number of pyridine rings is 1. The molecule has 0 unspecified atom stereocenters. The summed E-state index contributed by atoms with van der Waals surface area (Å²) in [5, 5.41) is 4.22. The number of carbonyl (C=O) groups excluding carboxylic acids is 1. The van der Waals surface area contributed by atoms with Crippen molar-refractivity contribution < 1.29 is 18.3 Å². The molecule has 30 heavy (non-hydrogen) atoms. The SMILES string of the molecule is Cc1cc2c(NC3(C)CC3)nc(C(=O)N3CCc4c(ccnc4OCF)C3)nc2o1. The number of nitrogens with one attached hydrogen (secondary N) is 1. The van der Waals surface area contributed by atoms with Gasteiger partial charge in [-0.2, -0.15) is 4.98 Å². The van der Waals surface area contributed by atoms with Crippen LogP contribution in [0.1, 0.15) is 47.3 Å². The van der Waals surface area contributed by atoms with Gasteiger partial charge in [0, 0.05) is 30.4 Å². The van der Waals surface area contributed by atoms with E-state index in [1.165, 1.54) is 0 Å². The van der Waals surface area contributed by atoms with Crippen molar-refractivity contribution in [2.24, 2.45) is 0 Å². The molecule has 1 N–H and O–H groups in total. The summed E-state index contributed by atoms with van der Waals surface area (Å²) >= 11 is 0. The number of aryl methyl sites for hydroxylation is 1. The Hall–Kier alpha value is -3.23. The van der Waals surface area contributed by atoms with E-state index < -0.39 is 6.86 Å². The first-order chi connectivity index (χ1) is 14.5. The zero-order valence-electron chi connectivity index (χ0n) is 16.9. The molecule has 0 atom stereocenters. The van der Waals surface area contributed by atoms with Gasteiger partial charge in [-0.15, -0.1) is 0 Å². The first-order valence-corrected chi connectivity index (χ1v) is 9.97. The first kappa shape index (κ1) is 18.8. The lowest BCUT2D eigenvalue weighted by Crippen LogP contribution is -2.37. The van der Waals surface area contributed by atoms with Gasteiger partial charge in [0.05, 0.1) is 5.39 Å². The predicted molar refractivity (Wildman–Crippen MR) is 107 cm³/mol. The Morgan fingerprint density at radius 3 is 3.00 bits per heavy atom. The Bertz CT molecular complexity index is 1140. The molecule has 1 saturated carbocycles. The summed E-state index contributed by atoms with van der Waals surface area (Å²) in [6.07, 6.45) is 4.19. The third-order valence-electron chi connectivity index (χ3n) is 5.71. The number of nitrogens with zero attached hydrogens (tertiary/aromatic N) is 4. The van der Waals surface area contributed by atoms with Crippen molar-refractivity contribution >= 4 is 22.8 Å². The minimum Gasteiger partial charge on any atom is -0.446 e. The molecular formula is C21H22FN5O3. The van der Waals surface area contributed by atoms with Crippen LogP contribution in [0.4, 0.5) is 10.2 Å². The largest absolute Gasteiger partial charge is 0.446 e. The predicted octanol–water partition coefficient (Wildman–Crippen LogP) is 3.39. The Morgan fingerprint density at radius 1 is 1.40 bits per heavy atom. The van der Waals surface area contributed by atoms with Gasteiger partial charge in [-0.3, -0.25) is 4.79 Å². The zero-order valence-corrected chi connectivity index (χ0v) is 16.9. The Labute approximate surface area is 172 Å². The van der Waals surface area contributed by atoms with E-state index in [-0.39, 0.29) is 23.2 Å². The van der Waals surface area contributed by atoms with Crippen molar-refractivity contribution in [3.63, 3.8) is 0 Å². The van der Waals surface area contributed by atoms with Crippen molar-refractivity contribution in [1.29, 1.82) is 0 Å². The Kier molecular flexibility index (Phi) is 4.34. The summed E-state index contributed by atoms with van der Waals surface area (Å²) in [5.41, 5.74) is 2.11. The van der Waals surface area contributed by atoms with E-state index in [4.69, 9.17) is 9.15 Å². The van der Waals surface area contributed by atoms with Crippen LogP contribution < -0.4 is 10.1 Å². The first-order valence-electron chi connectivity index (χ1n) is 9.97. The lowest BCUT2D eigenvalue weighted by molar-refractivity contribution is 0.0719. The van der Waals surface area contributed by atoms with E-state index in [1.54, 1.807) is 11.1 Å². The monoisotopic (exact) mass is 411 g/mol. The summed E-state index contributed by atoms with van der Waals surface area (Å²) in [4.78, 5) is 27.9. The Balaban J connectivity index is 1.46. The molecule has 0 spiro atoms. The van der Waals surface area contributed by atoms with Gasteiger partial charge in [-0.05, 0) is 50.8 Å². The average Bonchev–Trinajstić information content (AvgIpc) is 3.33. The number of alkyl halides is 1. The van der Waals surface area contributed by atoms with Crippen molar-refractivity contribution in [2.45, 2.75) is 45.2 Å². The molecule has 3 aromatic heterocycles. The summed E-state index contributed by atoms with van der Waals surface area (Å²) in [6, 6.07) is 3.70. The van der Waals surface area contributed by atoms with Crippen LogP contribution in [0.3, 0.4) is 0 Å². The van der Waals surface area contributed by atoms with Crippen LogP contribution in [-0.2, 0) is 13.0 Å². The molecule has 0 saturated heterocycles. The molecule has 0 bridgehead atoms. The molecule has 8 nitrogen and oxygen atoms in total. The molecule has 0 aromatic carbocycles. The number of anilines is 1. The maximum Gasteiger partial charge on any atom is 0.292 e. The standard InChI is InChI=1S/C21H22FN5O3/c1-12-9-15-16(26-21(2)5-6-21)24-17(25-19(15)30-12)20(28)27-8-4-14-13(10-27)3-7-23-18(14)29-11-22/h3,7,9H,4-6,8,10-11H2,1-2H3,(H,24,25,26). The molecule has 9 heteroatoms. The van der Waals surface area contributed by atoms with Gasteiger partial charge in [0.1, 0.15) is 11.6 Å². The molecule has 1 fully saturated rings. The van der Waals surface area contributed by atoms with Gasteiger partial charge >= 0.3 is 0 Å². The van der Waals surface area contributed by atoms with Crippen molar-refractivity contribution in [3.05, 3.63) is 41.0 Å². The van der Waals surface area contributed by atoms with Gasteiger partial charge in [-0.25, -0.2) is 14.4 Å². The Morgan fingerprint density at radius 2 is 2.23 bits per heavy atom.